The van der Waals surface area contributed by atoms with E-state index in [9.17, 15) is 14.7 Å². The number of nitrogens with zero attached hydrogens (tertiary/aromatic N) is 1. The molecule has 0 saturated carbocycles. The maximum absolute atomic E-state index is 12.8. The molecule has 41 heavy (non-hydrogen) atoms. The lowest BCUT2D eigenvalue weighted by atomic mass is 9.99. The molecule has 0 aliphatic carbocycles. The van der Waals surface area contributed by atoms with Crippen molar-refractivity contribution in [3.63, 3.8) is 0 Å². The number of likely N-dealkylation sites (tertiary alicyclic amines) is 1. The lowest BCUT2D eigenvalue weighted by molar-refractivity contribution is -0.116. The number of rotatable bonds is 11. The fraction of sp³-hybridized carbons (Fsp3) is 0.375. The van der Waals surface area contributed by atoms with Crippen LogP contribution in [0.1, 0.15) is 43.7 Å². The minimum Gasteiger partial charge on any atom is -0.493 e. The Morgan fingerprint density at radius 2 is 1.78 bits per heavy atom. The second-order valence-corrected chi connectivity index (χ2v) is 10.6. The molecule has 1 saturated heterocycles. The summed E-state index contributed by atoms with van der Waals surface area (Å²) in [5, 5.41) is 15.7. The number of hydrogen-bond donors (Lipinski definition) is 3. The molecular formula is C32H38ClN3O5. The van der Waals surface area contributed by atoms with Gasteiger partial charge in [0.2, 0.25) is 5.91 Å². The second kappa shape index (κ2) is 14.9. The zero-order valence-corrected chi connectivity index (χ0v) is 24.4. The summed E-state index contributed by atoms with van der Waals surface area (Å²) in [6.07, 6.45) is 2.62. The minimum absolute atomic E-state index is 0.0916. The van der Waals surface area contributed by atoms with E-state index in [4.69, 9.17) is 21.1 Å². The minimum atomic E-state index is -0.455. The number of carbonyl (C=O) groups excluding carboxylic acids is 2. The average Bonchev–Trinajstić information content (AvgIpc) is 2.96. The van der Waals surface area contributed by atoms with Gasteiger partial charge < -0.3 is 24.8 Å². The summed E-state index contributed by atoms with van der Waals surface area (Å²) < 4.78 is 11.3. The van der Waals surface area contributed by atoms with Crippen molar-refractivity contribution in [2.24, 2.45) is 0 Å². The van der Waals surface area contributed by atoms with Gasteiger partial charge in [0, 0.05) is 36.7 Å². The van der Waals surface area contributed by atoms with E-state index in [-0.39, 0.29) is 25.0 Å². The van der Waals surface area contributed by atoms with Crippen molar-refractivity contribution in [3.05, 3.63) is 76.8 Å². The highest BCUT2D eigenvalue weighted by molar-refractivity contribution is 6.33. The van der Waals surface area contributed by atoms with Gasteiger partial charge >= 0.3 is 6.09 Å². The first kappa shape index (κ1) is 30.4. The van der Waals surface area contributed by atoms with E-state index in [1.54, 1.807) is 12.1 Å². The van der Waals surface area contributed by atoms with Gasteiger partial charge in [-0.1, -0.05) is 54.1 Å². The molecule has 1 fully saturated rings. The quantitative estimate of drug-likeness (QED) is 0.240. The number of halogens is 1. The van der Waals surface area contributed by atoms with Crippen LogP contribution < -0.4 is 15.4 Å². The van der Waals surface area contributed by atoms with Gasteiger partial charge in [-0.05, 0) is 62.9 Å². The van der Waals surface area contributed by atoms with Crippen LogP contribution in [0, 0.1) is 0 Å². The molecule has 0 spiro atoms. The van der Waals surface area contributed by atoms with E-state index in [2.05, 4.69) is 22.6 Å². The van der Waals surface area contributed by atoms with E-state index >= 15 is 0 Å². The molecule has 4 rings (SSSR count). The summed E-state index contributed by atoms with van der Waals surface area (Å²) in [7, 11) is 2.07. The second-order valence-electron chi connectivity index (χ2n) is 10.2. The van der Waals surface area contributed by atoms with Gasteiger partial charge in [-0.15, -0.1) is 0 Å². The molecule has 3 aromatic carbocycles. The van der Waals surface area contributed by atoms with E-state index < -0.39 is 6.09 Å². The molecule has 218 valence electrons. The van der Waals surface area contributed by atoms with Crippen LogP contribution in [0.2, 0.25) is 5.02 Å². The maximum Gasteiger partial charge on any atom is 0.411 e. The van der Waals surface area contributed by atoms with E-state index in [0.29, 0.717) is 47.2 Å². The monoisotopic (exact) mass is 579 g/mol. The Bertz CT molecular complexity index is 1330. The first-order chi connectivity index (χ1) is 19.9. The average molecular weight is 580 g/mol. The Hall–Kier alpha value is -3.59. The number of benzene rings is 3. The highest BCUT2D eigenvalue weighted by Crippen LogP contribution is 2.32. The third-order valence-corrected chi connectivity index (χ3v) is 7.42. The lowest BCUT2D eigenvalue weighted by Gasteiger charge is -2.28. The molecular weight excluding hydrogens is 542 g/mol. The Morgan fingerprint density at radius 1 is 1.02 bits per heavy atom. The molecule has 1 aliphatic heterocycles. The zero-order valence-electron chi connectivity index (χ0n) is 23.6. The highest BCUT2D eigenvalue weighted by Gasteiger charge is 2.21. The number of hydrogen-bond acceptors (Lipinski definition) is 6. The van der Waals surface area contributed by atoms with Crippen LogP contribution in [-0.4, -0.2) is 54.9 Å². The Kier molecular flexibility index (Phi) is 11.0. The standard InChI is InChI=1S/C32H38ClN3O5/c1-3-40-30-20-29(27(33)19-24(30)21-37)34-31(38)11-7-8-22-12-13-26(23-9-5-4-6-10-23)28(18-22)35-32(39)41-25-14-16-36(2)17-15-25/h4-6,9-10,12-13,18-20,25,37H,3,7-8,11,14-17,21H2,1-2H3,(H,34,38)(H,35,39). The Balaban J connectivity index is 1.39. The van der Waals surface area contributed by atoms with Crippen molar-refractivity contribution in [1.29, 1.82) is 0 Å². The number of aliphatic hydroxyl groups excluding tert-OH is 1. The molecule has 0 aromatic heterocycles. The number of anilines is 2. The first-order valence-electron chi connectivity index (χ1n) is 14.1. The fourth-order valence-corrected chi connectivity index (χ4v) is 5.12. The van der Waals surface area contributed by atoms with Crippen LogP contribution in [0.5, 0.6) is 5.75 Å². The molecule has 3 N–H and O–H groups in total. The Morgan fingerprint density at radius 3 is 2.49 bits per heavy atom. The molecule has 0 radical (unpaired) electrons. The van der Waals surface area contributed by atoms with Gasteiger partial charge in [-0.3, -0.25) is 10.1 Å². The summed E-state index contributed by atoms with van der Waals surface area (Å²) in [5.41, 5.74) is 4.57. The zero-order chi connectivity index (χ0) is 29.2. The molecule has 2 amide bonds. The smallest absolute Gasteiger partial charge is 0.411 e. The Labute approximate surface area is 246 Å². The predicted molar refractivity (Wildman–Crippen MR) is 163 cm³/mol. The summed E-state index contributed by atoms with van der Waals surface area (Å²) in [5.74, 6) is 0.314. The molecule has 0 unspecified atom stereocenters. The number of nitrogens with one attached hydrogen (secondary N) is 2. The number of piperidine rings is 1. The number of aliphatic hydroxyl groups is 1. The first-order valence-corrected chi connectivity index (χ1v) is 14.4. The number of aryl methyl sites for hydroxylation is 1. The summed E-state index contributed by atoms with van der Waals surface area (Å²) in [4.78, 5) is 27.8. The van der Waals surface area contributed by atoms with Crippen molar-refractivity contribution < 1.29 is 24.2 Å². The van der Waals surface area contributed by atoms with Crippen molar-refractivity contribution >= 4 is 35.0 Å². The van der Waals surface area contributed by atoms with E-state index in [0.717, 1.165) is 42.6 Å². The van der Waals surface area contributed by atoms with E-state index in [1.165, 1.54) is 0 Å². The van der Waals surface area contributed by atoms with Crippen LogP contribution in [-0.2, 0) is 22.6 Å². The van der Waals surface area contributed by atoms with Crippen LogP contribution in [0.25, 0.3) is 11.1 Å². The molecule has 3 aromatic rings. The molecule has 9 heteroatoms. The van der Waals surface area contributed by atoms with Gasteiger partial charge in [0.05, 0.1) is 29.6 Å². The molecule has 0 bridgehead atoms. The molecule has 8 nitrogen and oxygen atoms in total. The molecule has 1 heterocycles. The van der Waals surface area contributed by atoms with Crippen molar-refractivity contribution in [3.8, 4) is 16.9 Å². The molecule has 0 atom stereocenters. The number of carbonyl (C=O) groups is 2. The highest BCUT2D eigenvalue weighted by atomic mass is 35.5. The predicted octanol–water partition coefficient (Wildman–Crippen LogP) is 6.50. The topological polar surface area (TPSA) is 100 Å². The summed E-state index contributed by atoms with van der Waals surface area (Å²) in [6, 6.07) is 19.1. The third-order valence-electron chi connectivity index (χ3n) is 7.11. The molecule has 1 aliphatic rings. The lowest BCUT2D eigenvalue weighted by Crippen LogP contribution is -2.36. The van der Waals surface area contributed by atoms with Crippen LogP contribution in [0.3, 0.4) is 0 Å². The van der Waals surface area contributed by atoms with Gasteiger partial charge in [0.15, 0.2) is 0 Å². The van der Waals surface area contributed by atoms with E-state index in [1.807, 2.05) is 55.5 Å². The SMILES string of the molecule is CCOc1cc(NC(=O)CCCc2ccc(-c3ccccc3)c(NC(=O)OC3CCN(C)CC3)c2)c(Cl)cc1CO. The van der Waals surface area contributed by atoms with Crippen LogP contribution >= 0.6 is 11.6 Å². The van der Waals surface area contributed by atoms with Crippen molar-refractivity contribution in [2.45, 2.75) is 51.7 Å². The van der Waals surface area contributed by atoms with Gasteiger partial charge in [0.25, 0.3) is 0 Å². The number of ether oxygens (including phenoxy) is 2. The van der Waals surface area contributed by atoms with Crippen LogP contribution in [0.4, 0.5) is 16.2 Å². The van der Waals surface area contributed by atoms with Crippen molar-refractivity contribution in [1.82, 2.24) is 4.90 Å². The van der Waals surface area contributed by atoms with Crippen molar-refractivity contribution in [2.75, 3.05) is 37.4 Å². The number of amides is 2. The van der Waals surface area contributed by atoms with Gasteiger partial charge in [-0.25, -0.2) is 4.79 Å². The summed E-state index contributed by atoms with van der Waals surface area (Å²) in [6.45, 7) is 3.88. The van der Waals surface area contributed by atoms with Crippen LogP contribution in [0.15, 0.2) is 60.7 Å². The third kappa shape index (κ3) is 8.70. The largest absolute Gasteiger partial charge is 0.493 e. The van der Waals surface area contributed by atoms with Gasteiger partial charge in [-0.2, -0.15) is 0 Å². The normalized spacial score (nSPS) is 14.0. The fourth-order valence-electron chi connectivity index (χ4n) is 4.88. The maximum atomic E-state index is 12.8. The summed E-state index contributed by atoms with van der Waals surface area (Å²) >= 11 is 6.32. The van der Waals surface area contributed by atoms with Gasteiger partial charge in [0.1, 0.15) is 11.9 Å².